The molecule has 0 saturated heterocycles. The molecular weight excluding hydrogens is 204 g/mol. The molecule has 17 heavy (non-hydrogen) atoms. The van der Waals surface area contributed by atoms with Gasteiger partial charge in [0.15, 0.2) is 0 Å². The molecule has 0 N–H and O–H groups in total. The van der Waals surface area contributed by atoms with Crippen LogP contribution >= 0.6 is 0 Å². The van der Waals surface area contributed by atoms with Crippen molar-refractivity contribution in [2.24, 2.45) is 17.8 Å². The highest BCUT2D eigenvalue weighted by Gasteiger charge is 2.26. The fourth-order valence-corrected chi connectivity index (χ4v) is 3.32. The van der Waals surface area contributed by atoms with Crippen LogP contribution in [0.2, 0.25) is 0 Å². The lowest BCUT2D eigenvalue weighted by molar-refractivity contribution is 0.167. The summed E-state index contributed by atoms with van der Waals surface area (Å²) in [7, 11) is 0. The van der Waals surface area contributed by atoms with Gasteiger partial charge in [0.25, 0.3) is 0 Å². The maximum atomic E-state index is 2.45. The van der Waals surface area contributed by atoms with Crippen molar-refractivity contribution in [3.63, 3.8) is 0 Å². The number of hydrogen-bond donors (Lipinski definition) is 0. The Bertz CT molecular complexity index is 173. The molecule has 102 valence electrons. The van der Waals surface area contributed by atoms with Crippen molar-refractivity contribution in [3.8, 4) is 0 Å². The molecule has 1 saturated carbocycles. The molecule has 0 heteroatoms. The zero-order chi connectivity index (χ0) is 12.5. The Morgan fingerprint density at radius 2 is 1.71 bits per heavy atom. The van der Waals surface area contributed by atoms with Crippen LogP contribution in [0.3, 0.4) is 0 Å². The zero-order valence-corrected chi connectivity index (χ0v) is 12.5. The maximum absolute atomic E-state index is 2.45. The van der Waals surface area contributed by atoms with Crippen molar-refractivity contribution in [2.45, 2.75) is 91.4 Å². The first-order valence-corrected chi connectivity index (χ1v) is 8.27. The SMILES string of the molecule is CCCCCCC(CCC)CCC1CCC1C. The Morgan fingerprint density at radius 1 is 0.882 bits per heavy atom. The van der Waals surface area contributed by atoms with Gasteiger partial charge in [0.1, 0.15) is 0 Å². The molecule has 1 aliphatic rings. The van der Waals surface area contributed by atoms with Crippen LogP contribution in [0.15, 0.2) is 0 Å². The van der Waals surface area contributed by atoms with Crippen LogP contribution in [0.4, 0.5) is 0 Å². The smallest absolute Gasteiger partial charge is 0.0388 e. The van der Waals surface area contributed by atoms with Crippen molar-refractivity contribution in [1.29, 1.82) is 0 Å². The van der Waals surface area contributed by atoms with E-state index in [1.807, 2.05) is 0 Å². The van der Waals surface area contributed by atoms with Gasteiger partial charge in [-0.2, -0.15) is 0 Å². The monoisotopic (exact) mass is 238 g/mol. The van der Waals surface area contributed by atoms with Crippen LogP contribution in [0.25, 0.3) is 0 Å². The van der Waals surface area contributed by atoms with E-state index in [0.717, 1.165) is 17.8 Å². The first-order chi connectivity index (χ1) is 8.27. The fraction of sp³-hybridized carbons (Fsp3) is 1.00. The van der Waals surface area contributed by atoms with E-state index < -0.39 is 0 Å². The highest BCUT2D eigenvalue weighted by Crippen LogP contribution is 2.38. The second-order valence-electron chi connectivity index (χ2n) is 6.40. The first kappa shape index (κ1) is 15.1. The minimum Gasteiger partial charge on any atom is -0.0654 e. The number of hydrogen-bond acceptors (Lipinski definition) is 0. The van der Waals surface area contributed by atoms with Crippen LogP contribution in [0.1, 0.15) is 91.4 Å². The molecule has 3 unspecified atom stereocenters. The largest absolute Gasteiger partial charge is 0.0654 e. The Morgan fingerprint density at radius 3 is 2.24 bits per heavy atom. The Balaban J connectivity index is 2.08. The summed E-state index contributed by atoms with van der Waals surface area (Å²) in [6.07, 6.45) is 16.2. The van der Waals surface area contributed by atoms with Crippen LogP contribution in [0.5, 0.6) is 0 Å². The van der Waals surface area contributed by atoms with Gasteiger partial charge in [0.05, 0.1) is 0 Å². The van der Waals surface area contributed by atoms with Gasteiger partial charge in [0.2, 0.25) is 0 Å². The third-order valence-corrected chi connectivity index (χ3v) is 4.91. The van der Waals surface area contributed by atoms with Gasteiger partial charge in [-0.25, -0.2) is 0 Å². The maximum Gasteiger partial charge on any atom is -0.0388 e. The Labute approximate surface area is 110 Å². The van der Waals surface area contributed by atoms with Gasteiger partial charge >= 0.3 is 0 Å². The van der Waals surface area contributed by atoms with Gasteiger partial charge in [-0.15, -0.1) is 0 Å². The first-order valence-electron chi connectivity index (χ1n) is 8.27. The van der Waals surface area contributed by atoms with E-state index in [0.29, 0.717) is 0 Å². The fourth-order valence-electron chi connectivity index (χ4n) is 3.32. The molecule has 0 heterocycles. The summed E-state index contributed by atoms with van der Waals surface area (Å²) in [6, 6.07) is 0. The third kappa shape index (κ3) is 5.93. The van der Waals surface area contributed by atoms with E-state index in [1.54, 1.807) is 0 Å². The van der Waals surface area contributed by atoms with Crippen LogP contribution in [0, 0.1) is 17.8 Å². The average molecular weight is 238 g/mol. The summed E-state index contributed by atoms with van der Waals surface area (Å²) in [4.78, 5) is 0. The molecule has 0 spiro atoms. The van der Waals surface area contributed by atoms with Crippen LogP contribution in [-0.4, -0.2) is 0 Å². The van der Waals surface area contributed by atoms with E-state index in [1.165, 1.54) is 70.6 Å². The third-order valence-electron chi connectivity index (χ3n) is 4.91. The van der Waals surface area contributed by atoms with Gasteiger partial charge in [-0.1, -0.05) is 78.6 Å². The second-order valence-corrected chi connectivity index (χ2v) is 6.40. The standard InChI is InChI=1S/C17H34/c1-4-6-7-8-10-16(9-5-2)12-14-17-13-11-15(17)3/h15-17H,4-14H2,1-3H3. The molecule has 1 fully saturated rings. The van der Waals surface area contributed by atoms with Crippen LogP contribution < -0.4 is 0 Å². The normalized spacial score (nSPS) is 25.6. The van der Waals surface area contributed by atoms with E-state index in [2.05, 4.69) is 20.8 Å². The second kappa shape index (κ2) is 9.00. The summed E-state index contributed by atoms with van der Waals surface area (Å²) in [5.41, 5.74) is 0. The van der Waals surface area contributed by atoms with Gasteiger partial charge in [0, 0.05) is 0 Å². The molecule has 0 bridgehead atoms. The molecule has 0 radical (unpaired) electrons. The molecule has 3 atom stereocenters. The van der Waals surface area contributed by atoms with E-state index in [-0.39, 0.29) is 0 Å². The lowest BCUT2D eigenvalue weighted by Crippen LogP contribution is -2.23. The molecule has 1 rings (SSSR count). The predicted molar refractivity (Wildman–Crippen MR) is 78.3 cm³/mol. The summed E-state index contributed by atoms with van der Waals surface area (Å²) in [5.74, 6) is 3.17. The Kier molecular flexibility index (Phi) is 7.97. The summed E-state index contributed by atoms with van der Waals surface area (Å²) in [5, 5.41) is 0. The van der Waals surface area contributed by atoms with E-state index >= 15 is 0 Å². The molecular formula is C17H34. The van der Waals surface area contributed by atoms with Crippen molar-refractivity contribution in [2.75, 3.05) is 0 Å². The van der Waals surface area contributed by atoms with Crippen molar-refractivity contribution >= 4 is 0 Å². The topological polar surface area (TPSA) is 0 Å². The minimum atomic E-state index is 1.04. The van der Waals surface area contributed by atoms with Crippen molar-refractivity contribution in [3.05, 3.63) is 0 Å². The number of rotatable bonds is 10. The zero-order valence-electron chi connectivity index (χ0n) is 12.5. The molecule has 0 nitrogen and oxygen atoms in total. The summed E-state index contributed by atoms with van der Waals surface area (Å²) >= 11 is 0. The highest BCUT2D eigenvalue weighted by atomic mass is 14.3. The molecule has 0 aliphatic heterocycles. The number of unbranched alkanes of at least 4 members (excludes halogenated alkanes) is 3. The molecule has 1 aliphatic carbocycles. The highest BCUT2D eigenvalue weighted by molar-refractivity contribution is 4.78. The summed E-state index contributed by atoms with van der Waals surface area (Å²) in [6.45, 7) is 7.11. The molecule has 0 amide bonds. The molecule has 0 aromatic carbocycles. The minimum absolute atomic E-state index is 1.04. The van der Waals surface area contributed by atoms with Gasteiger partial charge in [-0.3, -0.25) is 0 Å². The lowest BCUT2D eigenvalue weighted by atomic mass is 9.71. The van der Waals surface area contributed by atoms with Crippen molar-refractivity contribution in [1.82, 2.24) is 0 Å². The molecule has 0 aromatic rings. The van der Waals surface area contributed by atoms with E-state index in [9.17, 15) is 0 Å². The lowest BCUT2D eigenvalue weighted by Gasteiger charge is -2.35. The summed E-state index contributed by atoms with van der Waals surface area (Å²) < 4.78 is 0. The quantitative estimate of drug-likeness (QED) is 0.397. The predicted octanol–water partition coefficient (Wildman–Crippen LogP) is 6.20. The van der Waals surface area contributed by atoms with Crippen molar-refractivity contribution < 1.29 is 0 Å². The molecule has 0 aromatic heterocycles. The Hall–Kier alpha value is 0. The van der Waals surface area contributed by atoms with Crippen LogP contribution in [-0.2, 0) is 0 Å². The van der Waals surface area contributed by atoms with E-state index in [4.69, 9.17) is 0 Å². The van der Waals surface area contributed by atoms with Gasteiger partial charge in [-0.05, 0) is 30.6 Å². The average Bonchev–Trinajstić information content (AvgIpc) is 2.32. The van der Waals surface area contributed by atoms with Gasteiger partial charge < -0.3 is 0 Å².